The fourth-order valence-corrected chi connectivity index (χ4v) is 6.23. The number of hydrogen-bond acceptors (Lipinski definition) is 4. The van der Waals surface area contributed by atoms with Gasteiger partial charge in [-0.25, -0.2) is 4.21 Å². The van der Waals surface area contributed by atoms with E-state index in [0.717, 1.165) is 43.5 Å². The molecule has 2 aliphatic rings. The van der Waals surface area contributed by atoms with Gasteiger partial charge in [-0.2, -0.15) is 0 Å². The molecule has 2 unspecified atom stereocenters. The molecule has 0 radical (unpaired) electrons. The van der Waals surface area contributed by atoms with Gasteiger partial charge in [0.1, 0.15) is 5.75 Å². The molecule has 0 saturated carbocycles. The Hall–Kier alpha value is -1.56. The summed E-state index contributed by atoms with van der Waals surface area (Å²) in [5, 5.41) is 0. The molecule has 132 valence electrons. The number of rotatable bonds is 4. The quantitative estimate of drug-likeness (QED) is 0.908. The van der Waals surface area contributed by atoms with Crippen LogP contribution in [0.1, 0.15) is 37.7 Å². The highest BCUT2D eigenvalue weighted by molar-refractivity contribution is 7.92. The minimum atomic E-state index is -2.53. The van der Waals surface area contributed by atoms with Gasteiger partial charge in [0.25, 0.3) is 0 Å². The van der Waals surface area contributed by atoms with Crippen LogP contribution >= 0.6 is 0 Å². The van der Waals surface area contributed by atoms with Crippen LogP contribution in [0.25, 0.3) is 0 Å². The molecular weight excluding hydrogens is 324 g/mol. The molecule has 2 aliphatic heterocycles. The molecule has 24 heavy (non-hydrogen) atoms. The molecular formula is C18H26N2O3S. The van der Waals surface area contributed by atoms with E-state index in [0.29, 0.717) is 24.3 Å². The van der Waals surface area contributed by atoms with Gasteiger partial charge in [0.2, 0.25) is 5.91 Å². The smallest absolute Gasteiger partial charge is 0.223 e. The van der Waals surface area contributed by atoms with Crippen molar-refractivity contribution in [2.45, 2.75) is 44.1 Å². The van der Waals surface area contributed by atoms with E-state index in [4.69, 9.17) is 9.52 Å². The van der Waals surface area contributed by atoms with Gasteiger partial charge in [0.05, 0.1) is 18.4 Å². The van der Waals surface area contributed by atoms with Gasteiger partial charge >= 0.3 is 0 Å². The molecule has 2 heterocycles. The van der Waals surface area contributed by atoms with Crippen LogP contribution < -0.4 is 4.74 Å². The van der Waals surface area contributed by atoms with Crippen molar-refractivity contribution in [2.24, 2.45) is 0 Å². The maximum Gasteiger partial charge on any atom is 0.223 e. The summed E-state index contributed by atoms with van der Waals surface area (Å²) in [6.45, 7) is 0.743. The van der Waals surface area contributed by atoms with E-state index in [1.165, 1.54) is 0 Å². The Kier molecular flexibility index (Phi) is 4.85. The van der Waals surface area contributed by atoms with Gasteiger partial charge in [0, 0.05) is 28.4 Å². The zero-order valence-corrected chi connectivity index (χ0v) is 15.1. The maximum atomic E-state index is 12.8. The molecule has 0 bridgehead atoms. The Morgan fingerprint density at radius 2 is 2.17 bits per heavy atom. The minimum absolute atomic E-state index is 0.132. The molecule has 1 aromatic carbocycles. The van der Waals surface area contributed by atoms with Crippen molar-refractivity contribution >= 4 is 15.6 Å². The van der Waals surface area contributed by atoms with Crippen LogP contribution in [0.3, 0.4) is 0 Å². The first-order valence-electron chi connectivity index (χ1n) is 8.62. The monoisotopic (exact) mass is 350 g/mol. The number of likely N-dealkylation sites (tertiary alicyclic amines) is 1. The van der Waals surface area contributed by atoms with Crippen molar-refractivity contribution in [1.29, 1.82) is 4.78 Å². The first-order valence-corrected chi connectivity index (χ1v) is 10.5. The lowest BCUT2D eigenvalue weighted by Crippen LogP contribution is -2.54. The van der Waals surface area contributed by atoms with E-state index < -0.39 is 9.73 Å². The molecule has 5 nitrogen and oxygen atoms in total. The van der Waals surface area contributed by atoms with Gasteiger partial charge in [0.15, 0.2) is 0 Å². The van der Waals surface area contributed by atoms with Gasteiger partial charge < -0.3 is 9.64 Å². The second kappa shape index (κ2) is 6.75. The normalized spacial score (nSPS) is 29.8. The van der Waals surface area contributed by atoms with Crippen LogP contribution in [-0.4, -0.2) is 45.7 Å². The maximum absolute atomic E-state index is 12.8. The lowest BCUT2D eigenvalue weighted by atomic mass is 9.92. The summed E-state index contributed by atoms with van der Waals surface area (Å²) in [6.07, 6.45) is 4.68. The zero-order valence-electron chi connectivity index (χ0n) is 14.3. The third-order valence-corrected chi connectivity index (χ3v) is 7.23. The lowest BCUT2D eigenvalue weighted by molar-refractivity contribution is -0.135. The van der Waals surface area contributed by atoms with E-state index in [-0.39, 0.29) is 11.4 Å². The molecule has 0 aliphatic carbocycles. The molecule has 6 heteroatoms. The minimum Gasteiger partial charge on any atom is -0.497 e. The number of nitrogens with one attached hydrogen (secondary N) is 1. The zero-order chi connectivity index (χ0) is 17.2. The Morgan fingerprint density at radius 1 is 1.38 bits per heavy atom. The Bertz CT molecular complexity index is 717. The molecule has 2 fully saturated rings. The third-order valence-electron chi connectivity index (χ3n) is 5.28. The van der Waals surface area contributed by atoms with Crippen LogP contribution in [0.2, 0.25) is 0 Å². The van der Waals surface area contributed by atoms with Crippen LogP contribution in [0.15, 0.2) is 24.3 Å². The van der Waals surface area contributed by atoms with Crippen molar-refractivity contribution < 1.29 is 13.7 Å². The summed E-state index contributed by atoms with van der Waals surface area (Å²) in [6, 6.07) is 7.80. The number of amides is 1. The predicted molar refractivity (Wildman–Crippen MR) is 94.8 cm³/mol. The Labute approximate surface area is 144 Å². The van der Waals surface area contributed by atoms with Crippen molar-refractivity contribution in [3.05, 3.63) is 29.8 Å². The number of carbonyl (C=O) groups excluding carboxylic acids is 1. The average molecular weight is 350 g/mol. The molecule has 1 N–H and O–H groups in total. The number of hydrogen-bond donors (Lipinski definition) is 1. The molecule has 1 aromatic rings. The highest BCUT2D eigenvalue weighted by atomic mass is 32.2. The molecule has 3 rings (SSSR count). The van der Waals surface area contributed by atoms with Gasteiger partial charge in [-0.05, 0) is 49.8 Å². The summed E-state index contributed by atoms with van der Waals surface area (Å²) < 4.78 is 25.5. The number of nitrogens with zero attached hydrogens (tertiary/aromatic N) is 1. The van der Waals surface area contributed by atoms with E-state index >= 15 is 0 Å². The third kappa shape index (κ3) is 3.58. The summed E-state index contributed by atoms with van der Waals surface area (Å²) in [7, 11) is -0.889. The SMILES string of the molecule is COc1cccc(CCC(=O)N2CCCC23CCCS(=N)(=O)C3)c1. The fraction of sp³-hybridized carbons (Fsp3) is 0.611. The first-order chi connectivity index (χ1) is 11.4. The highest BCUT2D eigenvalue weighted by Crippen LogP contribution is 2.38. The van der Waals surface area contributed by atoms with Gasteiger partial charge in [-0.1, -0.05) is 12.1 Å². The van der Waals surface area contributed by atoms with E-state index in [1.54, 1.807) is 7.11 Å². The average Bonchev–Trinajstić information content (AvgIpc) is 2.94. The van der Waals surface area contributed by atoms with Crippen LogP contribution in [-0.2, 0) is 20.9 Å². The molecule has 0 aromatic heterocycles. The van der Waals surface area contributed by atoms with Crippen molar-refractivity contribution in [3.63, 3.8) is 0 Å². The fourth-order valence-electron chi connectivity index (χ4n) is 4.16. The van der Waals surface area contributed by atoms with E-state index in [9.17, 15) is 9.00 Å². The Balaban J connectivity index is 1.67. The molecule has 2 saturated heterocycles. The van der Waals surface area contributed by atoms with Crippen LogP contribution in [0.4, 0.5) is 0 Å². The topological polar surface area (TPSA) is 70.5 Å². The summed E-state index contributed by atoms with van der Waals surface area (Å²) >= 11 is 0. The lowest BCUT2D eigenvalue weighted by Gasteiger charge is -2.42. The largest absolute Gasteiger partial charge is 0.497 e. The van der Waals surface area contributed by atoms with Crippen LogP contribution in [0, 0.1) is 4.78 Å². The standard InChI is InChI=1S/C18H26N2O3S/c1-23-16-6-2-5-15(13-16)7-8-17(21)20-11-3-9-18(20)10-4-12-24(19,22)14-18/h2,5-6,13,19H,3-4,7-12,14H2,1H3. The van der Waals surface area contributed by atoms with E-state index in [1.807, 2.05) is 29.2 Å². The van der Waals surface area contributed by atoms with Gasteiger partial charge in [-0.15, -0.1) is 0 Å². The highest BCUT2D eigenvalue weighted by Gasteiger charge is 2.46. The second-order valence-electron chi connectivity index (χ2n) is 6.99. The Morgan fingerprint density at radius 3 is 2.92 bits per heavy atom. The number of ether oxygens (including phenoxy) is 1. The van der Waals surface area contributed by atoms with Crippen molar-refractivity contribution in [3.8, 4) is 5.75 Å². The van der Waals surface area contributed by atoms with Crippen LogP contribution in [0.5, 0.6) is 5.75 Å². The predicted octanol–water partition coefficient (Wildman–Crippen LogP) is 2.83. The van der Waals surface area contributed by atoms with Crippen molar-refractivity contribution in [2.75, 3.05) is 25.2 Å². The van der Waals surface area contributed by atoms with Gasteiger partial charge in [-0.3, -0.25) is 9.57 Å². The summed E-state index contributed by atoms with van der Waals surface area (Å²) in [4.78, 5) is 14.7. The summed E-state index contributed by atoms with van der Waals surface area (Å²) in [5.74, 6) is 1.79. The second-order valence-corrected chi connectivity index (χ2v) is 9.31. The first kappa shape index (κ1) is 17.3. The molecule has 1 spiro atoms. The van der Waals surface area contributed by atoms with Crippen molar-refractivity contribution in [1.82, 2.24) is 4.90 Å². The number of methoxy groups -OCH3 is 1. The molecule has 1 amide bonds. The number of carbonyl (C=O) groups is 1. The summed E-state index contributed by atoms with van der Waals surface area (Å²) in [5.41, 5.74) is 0.770. The number of benzene rings is 1. The molecule has 2 atom stereocenters. The van der Waals surface area contributed by atoms with E-state index in [2.05, 4.69) is 0 Å². The number of aryl methyl sites for hydroxylation is 1.